The Balaban J connectivity index is 1.90. The molecule has 0 aliphatic rings. The summed E-state index contributed by atoms with van der Waals surface area (Å²) in [5, 5.41) is 10.6. The molecule has 6 heteroatoms. The normalized spacial score (nSPS) is 12.7. The summed E-state index contributed by atoms with van der Waals surface area (Å²) < 4.78 is 1.88. The molecule has 0 saturated heterocycles. The average Bonchev–Trinajstić information content (AvgIpc) is 2.77. The van der Waals surface area contributed by atoms with Crippen molar-refractivity contribution < 1.29 is 0 Å². The first-order valence-corrected chi connectivity index (χ1v) is 5.85. The smallest absolute Gasteiger partial charge is 0.184 e. The van der Waals surface area contributed by atoms with E-state index in [-0.39, 0.29) is 6.04 Å². The number of thiazole rings is 1. The summed E-state index contributed by atoms with van der Waals surface area (Å²) >= 11 is 7.24. The number of nitrogens with one attached hydrogen (secondary N) is 1. The lowest BCUT2D eigenvalue weighted by Crippen LogP contribution is -2.22. The van der Waals surface area contributed by atoms with Crippen LogP contribution in [0.15, 0.2) is 23.8 Å². The van der Waals surface area contributed by atoms with Crippen LogP contribution in [-0.2, 0) is 6.54 Å². The van der Waals surface area contributed by atoms with Crippen molar-refractivity contribution in [1.82, 2.24) is 14.8 Å². The highest BCUT2D eigenvalue weighted by Crippen LogP contribution is 2.19. The van der Waals surface area contributed by atoms with Crippen LogP contribution in [0.1, 0.15) is 6.92 Å². The minimum Gasteiger partial charge on any atom is -0.357 e. The fourth-order valence-corrected chi connectivity index (χ4v) is 2.22. The summed E-state index contributed by atoms with van der Waals surface area (Å²) in [6.07, 6.45) is 3.71. The van der Waals surface area contributed by atoms with Gasteiger partial charge in [-0.1, -0.05) is 11.6 Å². The quantitative estimate of drug-likeness (QED) is 0.896. The average molecular weight is 243 g/mol. The van der Waals surface area contributed by atoms with Crippen LogP contribution >= 0.6 is 22.9 Å². The van der Waals surface area contributed by atoms with Gasteiger partial charge in [0.15, 0.2) is 5.13 Å². The Morgan fingerprint density at radius 1 is 1.67 bits per heavy atom. The number of anilines is 1. The van der Waals surface area contributed by atoms with Gasteiger partial charge in [-0.15, -0.1) is 11.3 Å². The van der Waals surface area contributed by atoms with Gasteiger partial charge >= 0.3 is 0 Å². The molecule has 2 aromatic rings. The summed E-state index contributed by atoms with van der Waals surface area (Å²) in [5.41, 5.74) is 0. The standard InChI is InChI=1S/C9H11ClN4S/c1-7(5-14-4-2-3-11-14)12-9-13-8(10)6-15-9/h2-4,6-7H,5H2,1H3,(H,12,13). The van der Waals surface area contributed by atoms with Gasteiger partial charge in [0.2, 0.25) is 0 Å². The Bertz CT molecular complexity index is 411. The summed E-state index contributed by atoms with van der Waals surface area (Å²) in [6.45, 7) is 2.89. The maximum Gasteiger partial charge on any atom is 0.184 e. The molecular formula is C9H11ClN4S. The number of halogens is 1. The van der Waals surface area contributed by atoms with E-state index in [1.165, 1.54) is 11.3 Å². The van der Waals surface area contributed by atoms with E-state index in [2.05, 4.69) is 22.3 Å². The van der Waals surface area contributed by atoms with Crippen LogP contribution in [0.25, 0.3) is 0 Å². The van der Waals surface area contributed by atoms with Crippen LogP contribution in [0.4, 0.5) is 5.13 Å². The van der Waals surface area contributed by atoms with Gasteiger partial charge in [0, 0.05) is 23.8 Å². The summed E-state index contributed by atoms with van der Waals surface area (Å²) in [5.74, 6) is 0. The molecule has 1 unspecified atom stereocenters. The molecule has 0 aliphatic heterocycles. The van der Waals surface area contributed by atoms with Crippen molar-refractivity contribution in [1.29, 1.82) is 0 Å². The minimum absolute atomic E-state index is 0.270. The van der Waals surface area contributed by atoms with E-state index in [9.17, 15) is 0 Å². The lowest BCUT2D eigenvalue weighted by molar-refractivity contribution is 0.560. The maximum atomic E-state index is 5.73. The molecule has 0 spiro atoms. The zero-order valence-electron chi connectivity index (χ0n) is 8.22. The summed E-state index contributed by atoms with van der Waals surface area (Å²) in [4.78, 5) is 4.12. The van der Waals surface area contributed by atoms with Crippen molar-refractivity contribution in [3.8, 4) is 0 Å². The van der Waals surface area contributed by atoms with Gasteiger partial charge in [-0.25, -0.2) is 4.98 Å². The molecule has 2 aromatic heterocycles. The highest BCUT2D eigenvalue weighted by atomic mass is 35.5. The van der Waals surface area contributed by atoms with Gasteiger partial charge in [0.1, 0.15) is 5.15 Å². The molecule has 2 heterocycles. The molecule has 0 fully saturated rings. The molecule has 2 rings (SSSR count). The van der Waals surface area contributed by atoms with E-state index >= 15 is 0 Å². The molecule has 0 radical (unpaired) electrons. The fraction of sp³-hybridized carbons (Fsp3) is 0.333. The molecule has 15 heavy (non-hydrogen) atoms. The first kappa shape index (κ1) is 10.4. The maximum absolute atomic E-state index is 5.73. The van der Waals surface area contributed by atoms with Crippen molar-refractivity contribution in [3.05, 3.63) is 29.0 Å². The highest BCUT2D eigenvalue weighted by Gasteiger charge is 2.05. The summed E-state index contributed by atoms with van der Waals surface area (Å²) in [7, 11) is 0. The third-order valence-corrected chi connectivity index (χ3v) is 2.96. The first-order valence-electron chi connectivity index (χ1n) is 4.59. The van der Waals surface area contributed by atoms with Gasteiger partial charge in [-0.2, -0.15) is 5.10 Å². The van der Waals surface area contributed by atoms with Crippen LogP contribution < -0.4 is 5.32 Å². The molecule has 0 amide bonds. The van der Waals surface area contributed by atoms with Crippen molar-refractivity contribution in [3.63, 3.8) is 0 Å². The molecule has 0 aromatic carbocycles. The van der Waals surface area contributed by atoms with Gasteiger partial charge < -0.3 is 5.32 Å². The van der Waals surface area contributed by atoms with E-state index in [0.29, 0.717) is 5.15 Å². The number of hydrogen-bond donors (Lipinski definition) is 1. The first-order chi connectivity index (χ1) is 7.24. The predicted molar refractivity (Wildman–Crippen MR) is 62.4 cm³/mol. The van der Waals surface area contributed by atoms with E-state index in [0.717, 1.165) is 11.7 Å². The van der Waals surface area contributed by atoms with Crippen LogP contribution in [0.2, 0.25) is 5.15 Å². The van der Waals surface area contributed by atoms with Crippen LogP contribution in [-0.4, -0.2) is 20.8 Å². The van der Waals surface area contributed by atoms with Gasteiger partial charge in [-0.05, 0) is 13.0 Å². The lowest BCUT2D eigenvalue weighted by atomic mass is 10.3. The van der Waals surface area contributed by atoms with Gasteiger partial charge in [0.25, 0.3) is 0 Å². The molecule has 0 bridgehead atoms. The largest absolute Gasteiger partial charge is 0.357 e. The Labute approximate surface area is 96.9 Å². The second kappa shape index (κ2) is 4.63. The van der Waals surface area contributed by atoms with Crippen molar-refractivity contribution >= 4 is 28.1 Å². The number of rotatable bonds is 4. The Morgan fingerprint density at radius 3 is 3.13 bits per heavy atom. The Kier molecular flexibility index (Phi) is 3.23. The number of aromatic nitrogens is 3. The monoisotopic (exact) mass is 242 g/mol. The molecule has 0 aliphatic carbocycles. The molecule has 0 saturated carbocycles. The van der Waals surface area contributed by atoms with Crippen molar-refractivity contribution in [2.45, 2.75) is 19.5 Å². The van der Waals surface area contributed by atoms with Crippen LogP contribution in [0, 0.1) is 0 Å². The van der Waals surface area contributed by atoms with E-state index in [4.69, 9.17) is 11.6 Å². The van der Waals surface area contributed by atoms with E-state index in [1.807, 2.05) is 22.3 Å². The molecule has 80 valence electrons. The van der Waals surface area contributed by atoms with Crippen LogP contribution in [0.5, 0.6) is 0 Å². The molecule has 1 atom stereocenters. The molecular weight excluding hydrogens is 232 g/mol. The zero-order chi connectivity index (χ0) is 10.7. The van der Waals surface area contributed by atoms with Gasteiger partial charge in [-0.3, -0.25) is 4.68 Å². The second-order valence-electron chi connectivity index (χ2n) is 3.25. The highest BCUT2D eigenvalue weighted by molar-refractivity contribution is 7.14. The second-order valence-corrected chi connectivity index (χ2v) is 4.49. The predicted octanol–water partition coefficient (Wildman–Crippen LogP) is 2.49. The third-order valence-electron chi connectivity index (χ3n) is 1.87. The minimum atomic E-state index is 0.270. The zero-order valence-corrected chi connectivity index (χ0v) is 9.79. The SMILES string of the molecule is CC(Cn1cccn1)Nc1nc(Cl)cs1. The van der Waals surface area contributed by atoms with Crippen molar-refractivity contribution in [2.24, 2.45) is 0 Å². The Hall–Kier alpha value is -1.07. The third kappa shape index (κ3) is 2.94. The van der Waals surface area contributed by atoms with Crippen molar-refractivity contribution in [2.75, 3.05) is 5.32 Å². The number of hydrogen-bond acceptors (Lipinski definition) is 4. The molecule has 1 N–H and O–H groups in total. The fourth-order valence-electron chi connectivity index (χ4n) is 1.27. The lowest BCUT2D eigenvalue weighted by Gasteiger charge is -2.12. The number of nitrogens with zero attached hydrogens (tertiary/aromatic N) is 3. The summed E-state index contributed by atoms with van der Waals surface area (Å²) in [6, 6.07) is 2.18. The molecule has 4 nitrogen and oxygen atoms in total. The van der Waals surface area contributed by atoms with Gasteiger partial charge in [0.05, 0.1) is 6.54 Å². The Morgan fingerprint density at radius 2 is 2.53 bits per heavy atom. The van der Waals surface area contributed by atoms with E-state index in [1.54, 1.807) is 6.20 Å². The van der Waals surface area contributed by atoms with E-state index < -0.39 is 0 Å². The van der Waals surface area contributed by atoms with Crippen LogP contribution in [0.3, 0.4) is 0 Å². The topological polar surface area (TPSA) is 42.7 Å².